The second kappa shape index (κ2) is 5.85. The third kappa shape index (κ3) is 2.65. The lowest BCUT2D eigenvalue weighted by Gasteiger charge is -2.16. The SMILES string of the molecule is CCOC(=O)C(c1cccc(Cl)c1)c1nnc2n1CCC2. The van der Waals surface area contributed by atoms with Crippen molar-refractivity contribution in [2.45, 2.75) is 32.2 Å². The van der Waals surface area contributed by atoms with Crippen molar-refractivity contribution in [3.8, 4) is 0 Å². The molecule has 1 atom stereocenters. The van der Waals surface area contributed by atoms with Gasteiger partial charge in [0.1, 0.15) is 11.7 Å². The lowest BCUT2D eigenvalue weighted by molar-refractivity contribution is -0.144. The fourth-order valence-electron chi connectivity index (χ4n) is 2.69. The Bertz CT molecular complexity index is 669. The number of aromatic nitrogens is 3. The highest BCUT2D eigenvalue weighted by Crippen LogP contribution is 2.29. The first kappa shape index (κ1) is 14.1. The minimum absolute atomic E-state index is 0.318. The van der Waals surface area contributed by atoms with Gasteiger partial charge in [0.2, 0.25) is 0 Å². The second-order valence-corrected chi connectivity index (χ2v) is 5.41. The van der Waals surface area contributed by atoms with Crippen molar-refractivity contribution in [3.05, 3.63) is 46.5 Å². The molecule has 0 radical (unpaired) electrons. The lowest BCUT2D eigenvalue weighted by atomic mass is 9.98. The maximum atomic E-state index is 12.4. The molecule has 6 heteroatoms. The van der Waals surface area contributed by atoms with E-state index in [1.165, 1.54) is 0 Å². The molecule has 1 aromatic carbocycles. The van der Waals surface area contributed by atoms with E-state index in [9.17, 15) is 4.79 Å². The van der Waals surface area contributed by atoms with Crippen LogP contribution in [0.2, 0.25) is 5.02 Å². The van der Waals surface area contributed by atoms with E-state index in [1.807, 2.05) is 16.7 Å². The highest BCUT2D eigenvalue weighted by atomic mass is 35.5. The van der Waals surface area contributed by atoms with Crippen LogP contribution in [0.4, 0.5) is 0 Å². The lowest BCUT2D eigenvalue weighted by Crippen LogP contribution is -2.21. The molecule has 0 aliphatic carbocycles. The smallest absolute Gasteiger partial charge is 0.321 e. The van der Waals surface area contributed by atoms with Gasteiger partial charge in [-0.3, -0.25) is 4.79 Å². The fourth-order valence-corrected chi connectivity index (χ4v) is 2.89. The zero-order valence-corrected chi connectivity index (χ0v) is 12.5. The molecule has 1 aromatic heterocycles. The summed E-state index contributed by atoms with van der Waals surface area (Å²) in [5.41, 5.74) is 0.781. The highest BCUT2D eigenvalue weighted by molar-refractivity contribution is 6.30. The van der Waals surface area contributed by atoms with Crippen molar-refractivity contribution in [2.75, 3.05) is 6.61 Å². The van der Waals surface area contributed by atoms with Gasteiger partial charge in [-0.2, -0.15) is 0 Å². The molecule has 5 nitrogen and oxygen atoms in total. The van der Waals surface area contributed by atoms with Gasteiger partial charge in [-0.05, 0) is 31.0 Å². The van der Waals surface area contributed by atoms with Crippen LogP contribution in [0.25, 0.3) is 0 Å². The van der Waals surface area contributed by atoms with E-state index in [-0.39, 0.29) is 5.97 Å². The number of carbonyl (C=O) groups excluding carboxylic acids is 1. The van der Waals surface area contributed by atoms with Gasteiger partial charge < -0.3 is 9.30 Å². The average Bonchev–Trinajstić information content (AvgIpc) is 3.04. The third-order valence-electron chi connectivity index (χ3n) is 3.60. The Balaban J connectivity index is 2.05. The molecule has 0 saturated heterocycles. The van der Waals surface area contributed by atoms with Crippen LogP contribution in [0, 0.1) is 0 Å². The first-order valence-corrected chi connectivity index (χ1v) is 7.42. The summed E-state index contributed by atoms with van der Waals surface area (Å²) in [5.74, 6) is 0.675. The van der Waals surface area contributed by atoms with Gasteiger partial charge in [-0.25, -0.2) is 0 Å². The summed E-state index contributed by atoms with van der Waals surface area (Å²) in [4.78, 5) is 12.4. The molecule has 3 rings (SSSR count). The fraction of sp³-hybridized carbons (Fsp3) is 0.400. The number of fused-ring (bicyclic) bond motifs is 1. The quantitative estimate of drug-likeness (QED) is 0.815. The van der Waals surface area contributed by atoms with E-state index < -0.39 is 5.92 Å². The summed E-state index contributed by atoms with van der Waals surface area (Å²) in [7, 11) is 0. The molecule has 0 saturated carbocycles. The number of hydrogen-bond donors (Lipinski definition) is 0. The summed E-state index contributed by atoms with van der Waals surface area (Å²) in [6.07, 6.45) is 1.93. The molecule has 110 valence electrons. The van der Waals surface area contributed by atoms with Crippen molar-refractivity contribution < 1.29 is 9.53 Å². The van der Waals surface area contributed by atoms with Crippen molar-refractivity contribution in [2.24, 2.45) is 0 Å². The number of ether oxygens (including phenoxy) is 1. The molecular formula is C15H16ClN3O2. The number of hydrogen-bond acceptors (Lipinski definition) is 4. The molecular weight excluding hydrogens is 290 g/mol. The largest absolute Gasteiger partial charge is 0.465 e. The number of rotatable bonds is 4. The highest BCUT2D eigenvalue weighted by Gasteiger charge is 2.32. The van der Waals surface area contributed by atoms with E-state index in [4.69, 9.17) is 16.3 Å². The Morgan fingerprint density at radius 2 is 2.33 bits per heavy atom. The topological polar surface area (TPSA) is 57.0 Å². The molecule has 1 aliphatic heterocycles. The predicted octanol–water partition coefficient (Wildman–Crippen LogP) is 2.57. The zero-order chi connectivity index (χ0) is 14.8. The number of halogens is 1. The van der Waals surface area contributed by atoms with Crippen molar-refractivity contribution >= 4 is 17.6 Å². The maximum Gasteiger partial charge on any atom is 0.321 e. The summed E-state index contributed by atoms with van der Waals surface area (Å²) < 4.78 is 7.24. The molecule has 0 bridgehead atoms. The Kier molecular flexibility index (Phi) is 3.92. The van der Waals surface area contributed by atoms with Crippen molar-refractivity contribution in [1.29, 1.82) is 0 Å². The van der Waals surface area contributed by atoms with Crippen LogP contribution in [0.5, 0.6) is 0 Å². The van der Waals surface area contributed by atoms with Crippen LogP contribution in [-0.2, 0) is 22.5 Å². The molecule has 0 fully saturated rings. The van der Waals surface area contributed by atoms with Gasteiger partial charge in [-0.1, -0.05) is 23.7 Å². The summed E-state index contributed by atoms with van der Waals surface area (Å²) in [6, 6.07) is 7.25. The minimum atomic E-state index is -0.581. The Morgan fingerprint density at radius 1 is 1.48 bits per heavy atom. The average molecular weight is 306 g/mol. The van der Waals surface area contributed by atoms with E-state index in [1.54, 1.807) is 19.1 Å². The van der Waals surface area contributed by atoms with E-state index in [0.717, 1.165) is 30.8 Å². The first-order valence-electron chi connectivity index (χ1n) is 7.04. The first-order chi connectivity index (χ1) is 10.2. The Labute approximate surface area is 127 Å². The number of nitrogens with zero attached hydrogens (tertiary/aromatic N) is 3. The van der Waals surface area contributed by atoms with E-state index in [2.05, 4.69) is 10.2 Å². The number of aryl methyl sites for hydroxylation is 1. The summed E-state index contributed by atoms with van der Waals surface area (Å²) >= 11 is 6.05. The molecule has 2 aromatic rings. The van der Waals surface area contributed by atoms with Gasteiger partial charge >= 0.3 is 5.97 Å². The maximum absolute atomic E-state index is 12.4. The van der Waals surface area contributed by atoms with Crippen molar-refractivity contribution in [1.82, 2.24) is 14.8 Å². The molecule has 1 unspecified atom stereocenters. The van der Waals surface area contributed by atoms with E-state index >= 15 is 0 Å². The van der Waals surface area contributed by atoms with Crippen LogP contribution in [0.15, 0.2) is 24.3 Å². The van der Waals surface area contributed by atoms with Gasteiger partial charge in [0, 0.05) is 18.0 Å². The van der Waals surface area contributed by atoms with Gasteiger partial charge in [0.05, 0.1) is 6.61 Å². The van der Waals surface area contributed by atoms with E-state index in [0.29, 0.717) is 17.5 Å². The standard InChI is InChI=1S/C15H16ClN3O2/c1-2-21-15(20)13(10-5-3-6-11(16)9-10)14-18-17-12-7-4-8-19(12)14/h3,5-6,9,13H,2,4,7-8H2,1H3. The monoisotopic (exact) mass is 305 g/mol. The van der Waals surface area contributed by atoms with Crippen LogP contribution < -0.4 is 0 Å². The van der Waals surface area contributed by atoms with Gasteiger partial charge in [-0.15, -0.1) is 10.2 Å². The molecule has 1 aliphatic rings. The number of esters is 1. The normalized spacial score (nSPS) is 14.8. The molecule has 2 heterocycles. The minimum Gasteiger partial charge on any atom is -0.465 e. The number of carbonyl (C=O) groups is 1. The van der Waals surface area contributed by atoms with Gasteiger partial charge in [0.25, 0.3) is 0 Å². The third-order valence-corrected chi connectivity index (χ3v) is 3.84. The predicted molar refractivity (Wildman–Crippen MR) is 78.3 cm³/mol. The Morgan fingerprint density at radius 3 is 3.10 bits per heavy atom. The van der Waals surface area contributed by atoms with Crippen LogP contribution >= 0.6 is 11.6 Å². The van der Waals surface area contributed by atoms with Crippen LogP contribution in [0.3, 0.4) is 0 Å². The Hall–Kier alpha value is -1.88. The molecule has 0 N–H and O–H groups in total. The summed E-state index contributed by atoms with van der Waals surface area (Å²) in [5, 5.41) is 8.98. The molecule has 0 amide bonds. The van der Waals surface area contributed by atoms with Crippen molar-refractivity contribution in [3.63, 3.8) is 0 Å². The second-order valence-electron chi connectivity index (χ2n) is 4.97. The molecule has 0 spiro atoms. The number of benzene rings is 1. The summed E-state index contributed by atoms with van der Waals surface area (Å²) in [6.45, 7) is 2.96. The zero-order valence-electron chi connectivity index (χ0n) is 11.8. The van der Waals surface area contributed by atoms with Crippen LogP contribution in [-0.4, -0.2) is 27.3 Å². The van der Waals surface area contributed by atoms with Crippen LogP contribution in [0.1, 0.15) is 36.5 Å². The molecule has 21 heavy (non-hydrogen) atoms. The van der Waals surface area contributed by atoms with Gasteiger partial charge in [0.15, 0.2) is 5.82 Å².